The Morgan fingerprint density at radius 1 is 0.769 bits per heavy atom. The summed E-state index contributed by atoms with van der Waals surface area (Å²) < 4.78 is 0. The summed E-state index contributed by atoms with van der Waals surface area (Å²) in [7, 11) is 1.75. The maximum atomic E-state index is 13.0. The first kappa shape index (κ1) is 17.6. The quantitative estimate of drug-likeness (QED) is 0.630. The van der Waals surface area contributed by atoms with Gasteiger partial charge in [-0.3, -0.25) is 9.59 Å². The van der Waals surface area contributed by atoms with Gasteiger partial charge in [-0.15, -0.1) is 0 Å². The van der Waals surface area contributed by atoms with Crippen LogP contribution in [0, 0.1) is 6.92 Å². The van der Waals surface area contributed by atoms with E-state index in [2.05, 4.69) is 0 Å². The Bertz CT molecular complexity index is 932. The number of hydrogen-bond acceptors (Lipinski definition) is 2. The molecule has 0 bridgehead atoms. The van der Waals surface area contributed by atoms with Gasteiger partial charge in [0.1, 0.15) is 0 Å². The molecule has 1 amide bonds. The molecule has 0 saturated carbocycles. The number of benzene rings is 3. The number of Topliss-reactive ketones (excluding diaryl/α,β-unsaturated/α-hetero) is 1. The van der Waals surface area contributed by atoms with E-state index in [-0.39, 0.29) is 18.1 Å². The summed E-state index contributed by atoms with van der Waals surface area (Å²) in [6.07, 6.45) is 0.204. The molecule has 0 atom stereocenters. The van der Waals surface area contributed by atoms with Crippen molar-refractivity contribution in [3.8, 4) is 0 Å². The summed E-state index contributed by atoms with van der Waals surface area (Å²) in [4.78, 5) is 27.3. The zero-order chi connectivity index (χ0) is 18.5. The van der Waals surface area contributed by atoms with Crippen LogP contribution in [0.25, 0.3) is 0 Å². The highest BCUT2D eigenvalue weighted by Crippen LogP contribution is 2.19. The van der Waals surface area contributed by atoms with Gasteiger partial charge in [0.05, 0.1) is 0 Å². The van der Waals surface area contributed by atoms with Crippen LogP contribution in [0.15, 0.2) is 78.9 Å². The molecule has 0 N–H and O–H groups in total. The summed E-state index contributed by atoms with van der Waals surface area (Å²) >= 11 is 0. The fraction of sp³-hybridized carbons (Fsp3) is 0.130. The average Bonchev–Trinajstić information content (AvgIpc) is 2.68. The van der Waals surface area contributed by atoms with Crippen LogP contribution in [0.2, 0.25) is 0 Å². The van der Waals surface area contributed by atoms with Crippen molar-refractivity contribution in [1.29, 1.82) is 0 Å². The van der Waals surface area contributed by atoms with Crippen LogP contribution in [0.4, 0.5) is 5.69 Å². The predicted molar refractivity (Wildman–Crippen MR) is 105 cm³/mol. The highest BCUT2D eigenvalue weighted by atomic mass is 16.2. The van der Waals surface area contributed by atoms with E-state index in [1.165, 1.54) is 0 Å². The third-order valence-electron chi connectivity index (χ3n) is 4.49. The Morgan fingerprint density at radius 2 is 1.35 bits per heavy atom. The van der Waals surface area contributed by atoms with Crippen LogP contribution >= 0.6 is 0 Å². The molecular weight excluding hydrogens is 322 g/mol. The van der Waals surface area contributed by atoms with E-state index in [9.17, 15) is 9.59 Å². The van der Waals surface area contributed by atoms with Crippen LogP contribution < -0.4 is 4.90 Å². The molecule has 0 aliphatic heterocycles. The molecule has 0 spiro atoms. The minimum atomic E-state index is -0.121. The topological polar surface area (TPSA) is 37.4 Å². The van der Waals surface area contributed by atoms with Crippen LogP contribution in [0.1, 0.15) is 31.8 Å². The monoisotopic (exact) mass is 343 g/mol. The molecule has 3 heteroatoms. The number of ketones is 1. The number of hydrogen-bond donors (Lipinski definition) is 0. The van der Waals surface area contributed by atoms with Gasteiger partial charge in [-0.2, -0.15) is 0 Å². The van der Waals surface area contributed by atoms with Crippen LogP contribution in [0.5, 0.6) is 0 Å². The first-order valence-electron chi connectivity index (χ1n) is 8.58. The Kier molecular flexibility index (Phi) is 5.28. The predicted octanol–water partition coefficient (Wildman–Crippen LogP) is 4.70. The molecule has 3 nitrogen and oxygen atoms in total. The lowest BCUT2D eigenvalue weighted by Crippen LogP contribution is -2.27. The Balaban J connectivity index is 1.88. The maximum Gasteiger partial charge on any atom is 0.258 e. The number of rotatable bonds is 5. The normalized spacial score (nSPS) is 10.4. The zero-order valence-electron chi connectivity index (χ0n) is 15.0. The third kappa shape index (κ3) is 3.72. The molecule has 130 valence electrons. The first-order chi connectivity index (χ1) is 12.6. The lowest BCUT2D eigenvalue weighted by molar-refractivity contribution is 0.0988. The van der Waals surface area contributed by atoms with Crippen molar-refractivity contribution in [2.24, 2.45) is 0 Å². The van der Waals surface area contributed by atoms with E-state index in [4.69, 9.17) is 0 Å². The summed E-state index contributed by atoms with van der Waals surface area (Å²) in [5.74, 6) is -0.102. The molecule has 0 heterocycles. The maximum absolute atomic E-state index is 13.0. The second kappa shape index (κ2) is 7.79. The van der Waals surface area contributed by atoms with E-state index < -0.39 is 0 Å². The number of nitrogens with zero attached hydrogens (tertiary/aromatic N) is 1. The van der Waals surface area contributed by atoms with Crippen molar-refractivity contribution in [3.63, 3.8) is 0 Å². The van der Waals surface area contributed by atoms with E-state index >= 15 is 0 Å². The highest BCUT2D eigenvalue weighted by Gasteiger charge is 2.19. The van der Waals surface area contributed by atoms with Gasteiger partial charge in [-0.05, 0) is 36.2 Å². The lowest BCUT2D eigenvalue weighted by Gasteiger charge is -2.19. The number of carbonyl (C=O) groups is 2. The Labute approximate surface area is 153 Å². The molecule has 0 radical (unpaired) electrons. The molecular formula is C23H21NO2. The molecule has 3 aromatic carbocycles. The minimum Gasteiger partial charge on any atom is -0.311 e. The molecule has 3 rings (SSSR count). The minimum absolute atomic E-state index is 0.0192. The Morgan fingerprint density at radius 3 is 2.04 bits per heavy atom. The van der Waals surface area contributed by atoms with Crippen molar-refractivity contribution in [2.45, 2.75) is 13.3 Å². The van der Waals surface area contributed by atoms with E-state index in [0.29, 0.717) is 11.1 Å². The second-order valence-corrected chi connectivity index (χ2v) is 6.27. The van der Waals surface area contributed by atoms with E-state index in [0.717, 1.165) is 16.8 Å². The van der Waals surface area contributed by atoms with Crippen LogP contribution in [0.3, 0.4) is 0 Å². The molecule has 0 aliphatic rings. The fourth-order valence-electron chi connectivity index (χ4n) is 2.99. The van der Waals surface area contributed by atoms with Gasteiger partial charge in [0, 0.05) is 30.3 Å². The van der Waals surface area contributed by atoms with E-state index in [1.54, 1.807) is 18.0 Å². The van der Waals surface area contributed by atoms with Crippen LogP contribution in [-0.4, -0.2) is 18.7 Å². The van der Waals surface area contributed by atoms with Gasteiger partial charge < -0.3 is 4.90 Å². The van der Waals surface area contributed by atoms with Crippen molar-refractivity contribution >= 4 is 17.4 Å². The van der Waals surface area contributed by atoms with Gasteiger partial charge in [0.2, 0.25) is 0 Å². The van der Waals surface area contributed by atoms with Crippen molar-refractivity contribution in [1.82, 2.24) is 0 Å². The lowest BCUT2D eigenvalue weighted by atomic mass is 9.96. The summed E-state index contributed by atoms with van der Waals surface area (Å²) in [6, 6.07) is 24.3. The highest BCUT2D eigenvalue weighted by molar-refractivity contribution is 6.08. The van der Waals surface area contributed by atoms with E-state index in [1.807, 2.05) is 79.7 Å². The Hall–Kier alpha value is -3.20. The molecule has 0 aliphatic carbocycles. The smallest absolute Gasteiger partial charge is 0.258 e. The second-order valence-electron chi connectivity index (χ2n) is 6.27. The number of para-hydroxylation sites is 1. The third-order valence-corrected chi connectivity index (χ3v) is 4.49. The number of aryl methyl sites for hydroxylation is 1. The van der Waals surface area contributed by atoms with Crippen molar-refractivity contribution in [2.75, 3.05) is 11.9 Å². The number of amides is 1. The van der Waals surface area contributed by atoms with Gasteiger partial charge in [0.25, 0.3) is 5.91 Å². The summed E-state index contributed by atoms with van der Waals surface area (Å²) in [6.45, 7) is 1.92. The number of carbonyl (C=O) groups excluding carboxylic acids is 2. The standard InChI is InChI=1S/C23H21NO2/c1-17-10-6-8-14-20(17)22(25)16-18-11-7-9-15-21(18)23(26)24(2)19-12-4-3-5-13-19/h3-15H,16H2,1-2H3. The largest absolute Gasteiger partial charge is 0.311 e. The molecule has 0 aromatic heterocycles. The van der Waals surface area contributed by atoms with Gasteiger partial charge in [-0.1, -0.05) is 60.7 Å². The van der Waals surface area contributed by atoms with Gasteiger partial charge in [0.15, 0.2) is 5.78 Å². The van der Waals surface area contributed by atoms with Gasteiger partial charge in [-0.25, -0.2) is 0 Å². The summed E-state index contributed by atoms with van der Waals surface area (Å²) in [5.41, 5.74) is 3.76. The number of anilines is 1. The zero-order valence-corrected chi connectivity index (χ0v) is 15.0. The molecule has 3 aromatic rings. The van der Waals surface area contributed by atoms with Crippen molar-refractivity contribution in [3.05, 3.63) is 101 Å². The SMILES string of the molecule is Cc1ccccc1C(=O)Cc1ccccc1C(=O)N(C)c1ccccc1. The van der Waals surface area contributed by atoms with Crippen molar-refractivity contribution < 1.29 is 9.59 Å². The van der Waals surface area contributed by atoms with Crippen LogP contribution in [-0.2, 0) is 6.42 Å². The van der Waals surface area contributed by atoms with Gasteiger partial charge >= 0.3 is 0 Å². The average molecular weight is 343 g/mol. The molecule has 0 unspecified atom stereocenters. The first-order valence-corrected chi connectivity index (χ1v) is 8.58. The molecule has 26 heavy (non-hydrogen) atoms. The fourth-order valence-corrected chi connectivity index (χ4v) is 2.99. The summed E-state index contributed by atoms with van der Waals surface area (Å²) in [5, 5.41) is 0. The molecule has 0 saturated heterocycles. The molecule has 0 fully saturated rings.